The van der Waals surface area contributed by atoms with Crippen LogP contribution >= 0.6 is 0 Å². The summed E-state index contributed by atoms with van der Waals surface area (Å²) in [6, 6.07) is 17.8. The largest absolute Gasteiger partial charge is 0.378 e. The van der Waals surface area contributed by atoms with Crippen molar-refractivity contribution >= 4 is 28.9 Å². The van der Waals surface area contributed by atoms with Crippen molar-refractivity contribution in [1.82, 2.24) is 19.8 Å². The standard InChI is InChI=1S/C27H32N4O3/c32-26(15-14-22-9-3-1-4-10-22)28-16-8-2-5-13-25-29-23-11-6-7-12-24(23)31(25)21-27(33)30-17-19-34-20-18-30/h1,3-4,6-7,9-12,14-15H,2,5,8,13,16-21H2,(H,28,32)/b15-14+. The molecular weight excluding hydrogens is 428 g/mol. The third-order valence-electron chi connectivity index (χ3n) is 5.99. The van der Waals surface area contributed by atoms with Gasteiger partial charge < -0.3 is 19.5 Å². The smallest absolute Gasteiger partial charge is 0.243 e. The highest BCUT2D eigenvalue weighted by Crippen LogP contribution is 2.18. The number of nitrogens with zero attached hydrogens (tertiary/aromatic N) is 3. The lowest BCUT2D eigenvalue weighted by Crippen LogP contribution is -2.42. The van der Waals surface area contributed by atoms with Gasteiger partial charge in [-0.1, -0.05) is 48.9 Å². The molecule has 1 fully saturated rings. The molecule has 2 heterocycles. The molecule has 1 saturated heterocycles. The first kappa shape index (κ1) is 23.7. The Morgan fingerprint density at radius 1 is 0.971 bits per heavy atom. The molecular formula is C27H32N4O3. The monoisotopic (exact) mass is 460 g/mol. The lowest BCUT2D eigenvalue weighted by atomic mass is 10.2. The number of para-hydroxylation sites is 2. The van der Waals surface area contributed by atoms with E-state index >= 15 is 0 Å². The Labute approximate surface area is 200 Å². The molecule has 0 unspecified atom stereocenters. The van der Waals surface area contributed by atoms with Gasteiger partial charge >= 0.3 is 0 Å². The van der Waals surface area contributed by atoms with Crippen molar-refractivity contribution in [2.75, 3.05) is 32.8 Å². The number of rotatable bonds is 10. The summed E-state index contributed by atoms with van der Waals surface area (Å²) in [6.45, 7) is 3.44. The van der Waals surface area contributed by atoms with Gasteiger partial charge in [0, 0.05) is 32.1 Å². The molecule has 2 amide bonds. The molecule has 3 aromatic rings. The number of aryl methyl sites for hydroxylation is 1. The van der Waals surface area contributed by atoms with Gasteiger partial charge in [0.2, 0.25) is 11.8 Å². The van der Waals surface area contributed by atoms with Crippen molar-refractivity contribution in [3.63, 3.8) is 0 Å². The van der Waals surface area contributed by atoms with E-state index in [9.17, 15) is 9.59 Å². The second kappa shape index (κ2) is 12.1. The van der Waals surface area contributed by atoms with Gasteiger partial charge in [0.15, 0.2) is 0 Å². The number of benzene rings is 2. The minimum absolute atomic E-state index is 0.0766. The molecule has 0 atom stereocenters. The van der Waals surface area contributed by atoms with Crippen LogP contribution in [-0.4, -0.2) is 59.1 Å². The molecule has 0 aliphatic carbocycles. The first-order chi connectivity index (χ1) is 16.7. The third-order valence-corrected chi connectivity index (χ3v) is 5.99. The molecule has 1 aliphatic rings. The number of fused-ring (bicyclic) bond motifs is 1. The molecule has 2 aromatic carbocycles. The Balaban J connectivity index is 1.25. The van der Waals surface area contributed by atoms with E-state index < -0.39 is 0 Å². The van der Waals surface area contributed by atoms with Gasteiger partial charge in [0.05, 0.1) is 24.2 Å². The van der Waals surface area contributed by atoms with E-state index in [0.717, 1.165) is 48.1 Å². The summed E-state index contributed by atoms with van der Waals surface area (Å²) in [7, 11) is 0. The lowest BCUT2D eigenvalue weighted by Gasteiger charge is -2.27. The highest BCUT2D eigenvalue weighted by atomic mass is 16.5. The Kier molecular flexibility index (Phi) is 8.46. The minimum Gasteiger partial charge on any atom is -0.378 e. The minimum atomic E-state index is -0.0766. The number of imidazole rings is 1. The molecule has 4 rings (SSSR count). The van der Waals surface area contributed by atoms with Crippen LogP contribution in [0.2, 0.25) is 0 Å². The van der Waals surface area contributed by atoms with Gasteiger partial charge in [-0.25, -0.2) is 4.98 Å². The van der Waals surface area contributed by atoms with E-state index in [2.05, 4.69) is 9.88 Å². The molecule has 0 spiro atoms. The number of nitrogens with one attached hydrogen (secondary N) is 1. The van der Waals surface area contributed by atoms with Crippen molar-refractivity contribution in [2.45, 2.75) is 32.2 Å². The average Bonchev–Trinajstić information content (AvgIpc) is 3.23. The summed E-state index contributed by atoms with van der Waals surface area (Å²) in [5.74, 6) is 0.976. The molecule has 1 N–H and O–H groups in total. The topological polar surface area (TPSA) is 76.5 Å². The Morgan fingerprint density at radius 3 is 2.56 bits per heavy atom. The van der Waals surface area contributed by atoms with Gasteiger partial charge in [-0.15, -0.1) is 0 Å². The Morgan fingerprint density at radius 2 is 1.74 bits per heavy atom. The second-order valence-electron chi connectivity index (χ2n) is 8.44. The van der Waals surface area contributed by atoms with Crippen LogP contribution in [0.1, 0.15) is 30.7 Å². The predicted molar refractivity (Wildman–Crippen MR) is 133 cm³/mol. The number of carbonyl (C=O) groups is 2. The van der Waals surface area contributed by atoms with Crippen LogP contribution in [0.25, 0.3) is 17.1 Å². The molecule has 1 aromatic heterocycles. The fourth-order valence-corrected chi connectivity index (χ4v) is 4.13. The van der Waals surface area contributed by atoms with E-state index in [1.54, 1.807) is 6.08 Å². The zero-order chi connectivity index (χ0) is 23.6. The summed E-state index contributed by atoms with van der Waals surface area (Å²) < 4.78 is 7.43. The predicted octanol–water partition coefficient (Wildman–Crippen LogP) is 3.44. The van der Waals surface area contributed by atoms with Gasteiger partial charge in [-0.3, -0.25) is 9.59 Å². The maximum Gasteiger partial charge on any atom is 0.243 e. The van der Waals surface area contributed by atoms with E-state index in [4.69, 9.17) is 9.72 Å². The van der Waals surface area contributed by atoms with Crippen molar-refractivity contribution in [3.05, 3.63) is 72.1 Å². The fraction of sp³-hybridized carbons (Fsp3) is 0.370. The molecule has 0 radical (unpaired) electrons. The van der Waals surface area contributed by atoms with Crippen molar-refractivity contribution in [1.29, 1.82) is 0 Å². The van der Waals surface area contributed by atoms with Gasteiger partial charge in [0.25, 0.3) is 0 Å². The number of morpholine rings is 1. The summed E-state index contributed by atoms with van der Waals surface area (Å²) in [5, 5.41) is 2.94. The third kappa shape index (κ3) is 6.54. The second-order valence-corrected chi connectivity index (χ2v) is 8.44. The van der Waals surface area contributed by atoms with Crippen LogP contribution in [0, 0.1) is 0 Å². The Hall–Kier alpha value is -3.45. The van der Waals surface area contributed by atoms with E-state index in [-0.39, 0.29) is 11.8 Å². The summed E-state index contributed by atoms with van der Waals surface area (Å²) in [6.07, 6.45) is 7.01. The highest BCUT2D eigenvalue weighted by Gasteiger charge is 2.20. The maximum absolute atomic E-state index is 12.9. The van der Waals surface area contributed by atoms with Gasteiger partial charge in [-0.05, 0) is 36.6 Å². The maximum atomic E-state index is 12.9. The average molecular weight is 461 g/mol. The number of amides is 2. The molecule has 1 aliphatic heterocycles. The van der Waals surface area contributed by atoms with Crippen LogP contribution in [0.3, 0.4) is 0 Å². The normalized spacial score (nSPS) is 14.1. The van der Waals surface area contributed by atoms with Crippen LogP contribution < -0.4 is 5.32 Å². The number of hydrogen-bond donors (Lipinski definition) is 1. The number of carbonyl (C=O) groups excluding carboxylic acids is 2. The zero-order valence-corrected chi connectivity index (χ0v) is 19.5. The van der Waals surface area contributed by atoms with Crippen LogP contribution in [0.5, 0.6) is 0 Å². The molecule has 0 bridgehead atoms. The van der Waals surface area contributed by atoms with Crippen molar-refractivity contribution in [2.24, 2.45) is 0 Å². The van der Waals surface area contributed by atoms with Crippen LogP contribution in [0.15, 0.2) is 60.7 Å². The molecule has 178 valence electrons. The van der Waals surface area contributed by atoms with Gasteiger partial charge in [-0.2, -0.15) is 0 Å². The van der Waals surface area contributed by atoms with E-state index in [1.165, 1.54) is 0 Å². The molecule has 7 heteroatoms. The van der Waals surface area contributed by atoms with Crippen molar-refractivity contribution < 1.29 is 14.3 Å². The number of hydrogen-bond acceptors (Lipinski definition) is 4. The highest BCUT2D eigenvalue weighted by molar-refractivity contribution is 5.91. The van der Waals surface area contributed by atoms with E-state index in [1.807, 2.05) is 65.6 Å². The van der Waals surface area contributed by atoms with Crippen molar-refractivity contribution in [3.8, 4) is 0 Å². The number of ether oxygens (including phenoxy) is 1. The SMILES string of the molecule is O=C(/C=C/c1ccccc1)NCCCCCc1nc2ccccc2n1CC(=O)N1CCOCC1. The molecule has 0 saturated carbocycles. The first-order valence-electron chi connectivity index (χ1n) is 12.0. The van der Waals surface area contributed by atoms with Crippen LogP contribution in [-0.2, 0) is 27.3 Å². The first-order valence-corrected chi connectivity index (χ1v) is 12.0. The molecule has 7 nitrogen and oxygen atoms in total. The fourth-order valence-electron chi connectivity index (χ4n) is 4.13. The van der Waals surface area contributed by atoms with Crippen LogP contribution in [0.4, 0.5) is 0 Å². The summed E-state index contributed by atoms with van der Waals surface area (Å²) >= 11 is 0. The zero-order valence-electron chi connectivity index (χ0n) is 19.5. The number of unbranched alkanes of at least 4 members (excludes halogenated alkanes) is 2. The number of aromatic nitrogens is 2. The summed E-state index contributed by atoms with van der Waals surface area (Å²) in [5.41, 5.74) is 2.92. The van der Waals surface area contributed by atoms with Gasteiger partial charge in [0.1, 0.15) is 12.4 Å². The molecule has 34 heavy (non-hydrogen) atoms. The lowest BCUT2D eigenvalue weighted by molar-refractivity contribution is -0.135. The quantitative estimate of drug-likeness (QED) is 0.372. The summed E-state index contributed by atoms with van der Waals surface area (Å²) in [4.78, 5) is 31.5. The van der Waals surface area contributed by atoms with E-state index in [0.29, 0.717) is 39.4 Å². The Bertz CT molecular complexity index is 1120.